The quantitative estimate of drug-likeness (QED) is 0.554. The zero-order valence-electron chi connectivity index (χ0n) is 7.99. The van der Waals surface area contributed by atoms with Crippen LogP contribution in [0.1, 0.15) is 22.2 Å². The molecule has 0 bridgehead atoms. The van der Waals surface area contributed by atoms with E-state index in [1.807, 2.05) is 0 Å². The third-order valence-electron chi connectivity index (χ3n) is 1.84. The summed E-state index contributed by atoms with van der Waals surface area (Å²) in [4.78, 5) is 10.6. The molecule has 0 aliphatic carbocycles. The van der Waals surface area contributed by atoms with Crippen molar-refractivity contribution in [2.24, 2.45) is 0 Å². The number of carbonyl (C=O) groups is 1. The van der Waals surface area contributed by atoms with Crippen LogP contribution in [0.5, 0.6) is 0 Å². The second kappa shape index (κ2) is 4.63. The zero-order chi connectivity index (χ0) is 11.4. The number of aldehydes is 1. The third kappa shape index (κ3) is 2.01. The molecule has 1 aromatic rings. The van der Waals surface area contributed by atoms with Crippen molar-refractivity contribution < 1.29 is 13.6 Å². The first kappa shape index (κ1) is 11.3. The largest absolute Gasteiger partial charge is 0.298 e. The Morgan fingerprint density at radius 3 is 2.67 bits per heavy atom. The van der Waals surface area contributed by atoms with E-state index in [2.05, 4.69) is 18.3 Å². The monoisotopic (exact) mass is 212 g/mol. The van der Waals surface area contributed by atoms with Crippen LogP contribution in [0.3, 0.4) is 0 Å². The van der Waals surface area contributed by atoms with Gasteiger partial charge in [-0.2, -0.15) is 9.49 Å². The molecule has 1 rings (SSSR count). The number of alkyl halides is 1. The van der Waals surface area contributed by atoms with Crippen LogP contribution in [0.15, 0.2) is 25.3 Å². The second-order valence-corrected chi connectivity index (χ2v) is 2.82. The van der Waals surface area contributed by atoms with Crippen LogP contribution in [0.4, 0.5) is 8.78 Å². The Hall–Kier alpha value is -1.78. The summed E-state index contributed by atoms with van der Waals surface area (Å²) in [6.45, 7) is 6.69. The molecular formula is C10H10F2N2O. The Morgan fingerprint density at radius 2 is 2.20 bits per heavy atom. The van der Waals surface area contributed by atoms with Crippen molar-refractivity contribution in [2.75, 3.05) is 0 Å². The topological polar surface area (TPSA) is 34.9 Å². The summed E-state index contributed by atoms with van der Waals surface area (Å²) < 4.78 is 27.5. The van der Waals surface area contributed by atoms with Gasteiger partial charge in [-0.1, -0.05) is 18.7 Å². The molecule has 1 aromatic heterocycles. The maximum absolute atomic E-state index is 13.4. The number of rotatable bonds is 5. The molecule has 0 amide bonds. The summed E-state index contributed by atoms with van der Waals surface area (Å²) in [5.74, 6) is -0.857. The van der Waals surface area contributed by atoms with Crippen LogP contribution in [0, 0.1) is 5.95 Å². The van der Waals surface area contributed by atoms with Gasteiger partial charge in [-0.3, -0.25) is 4.79 Å². The fraction of sp³-hybridized carbons (Fsp3) is 0.200. The molecule has 0 aliphatic rings. The van der Waals surface area contributed by atoms with Crippen LogP contribution in [-0.2, 0) is 6.54 Å². The average molecular weight is 212 g/mol. The molecule has 0 aromatic carbocycles. The number of nitrogens with zero attached hydrogens (tertiary/aromatic N) is 2. The second-order valence-electron chi connectivity index (χ2n) is 2.82. The van der Waals surface area contributed by atoms with Gasteiger partial charge in [-0.15, -0.1) is 6.58 Å². The van der Waals surface area contributed by atoms with Crippen LogP contribution in [0.2, 0.25) is 0 Å². The number of allylic oxidation sites excluding steroid dienone is 2. The van der Waals surface area contributed by atoms with Crippen molar-refractivity contribution in [3.05, 3.63) is 42.5 Å². The lowest BCUT2D eigenvalue weighted by Gasteiger charge is -1.97. The molecule has 0 saturated carbocycles. The Kier molecular flexibility index (Phi) is 3.49. The third-order valence-corrected chi connectivity index (χ3v) is 1.84. The fourth-order valence-corrected chi connectivity index (χ4v) is 1.14. The van der Waals surface area contributed by atoms with E-state index in [1.54, 1.807) is 0 Å². The lowest BCUT2D eigenvalue weighted by molar-refractivity contribution is 0.111. The first-order valence-electron chi connectivity index (χ1n) is 4.24. The first-order valence-corrected chi connectivity index (χ1v) is 4.24. The molecular weight excluding hydrogens is 202 g/mol. The van der Waals surface area contributed by atoms with Crippen molar-refractivity contribution in [1.82, 2.24) is 9.78 Å². The Balaban J connectivity index is 3.26. The van der Waals surface area contributed by atoms with E-state index in [1.165, 1.54) is 6.08 Å². The molecule has 0 spiro atoms. The van der Waals surface area contributed by atoms with E-state index in [4.69, 9.17) is 0 Å². The Labute approximate surface area is 85.7 Å². The average Bonchev–Trinajstić information content (AvgIpc) is 2.55. The zero-order valence-corrected chi connectivity index (χ0v) is 7.99. The highest BCUT2D eigenvalue weighted by Gasteiger charge is 2.21. The van der Waals surface area contributed by atoms with Gasteiger partial charge < -0.3 is 0 Å². The first-order chi connectivity index (χ1) is 7.15. The minimum absolute atomic E-state index is 0.0799. The summed E-state index contributed by atoms with van der Waals surface area (Å²) in [5, 5.41) is 3.63. The van der Waals surface area contributed by atoms with Gasteiger partial charge in [0.25, 0.3) is 0 Å². The minimum atomic E-state index is -1.65. The van der Waals surface area contributed by atoms with E-state index < -0.39 is 12.1 Å². The molecule has 0 saturated heterocycles. The van der Waals surface area contributed by atoms with Crippen LogP contribution in [0.25, 0.3) is 0 Å². The van der Waals surface area contributed by atoms with E-state index in [-0.39, 0.29) is 24.1 Å². The number of carbonyl (C=O) groups excluding carboxylic acids is 1. The van der Waals surface area contributed by atoms with E-state index in [0.29, 0.717) is 0 Å². The van der Waals surface area contributed by atoms with Gasteiger partial charge in [0.05, 0.1) is 12.1 Å². The van der Waals surface area contributed by atoms with Gasteiger partial charge in [0.1, 0.15) is 5.69 Å². The predicted molar refractivity (Wildman–Crippen MR) is 51.8 cm³/mol. The Bertz CT molecular complexity index is 398. The van der Waals surface area contributed by atoms with Crippen molar-refractivity contribution in [2.45, 2.75) is 12.7 Å². The maximum Gasteiger partial charge on any atom is 0.222 e. The molecule has 0 radical (unpaired) electrons. The molecule has 0 fully saturated rings. The molecule has 1 heterocycles. The molecule has 3 nitrogen and oxygen atoms in total. The summed E-state index contributed by atoms with van der Waals surface area (Å²) in [6.07, 6.45) is 0.946. The molecule has 5 heteroatoms. The van der Waals surface area contributed by atoms with E-state index in [0.717, 1.165) is 10.8 Å². The number of aromatic nitrogens is 2. The molecule has 1 unspecified atom stereocenters. The van der Waals surface area contributed by atoms with Crippen molar-refractivity contribution >= 4 is 6.29 Å². The summed E-state index contributed by atoms with van der Waals surface area (Å²) in [6, 6.07) is 0. The van der Waals surface area contributed by atoms with Gasteiger partial charge >= 0.3 is 0 Å². The van der Waals surface area contributed by atoms with Crippen LogP contribution < -0.4 is 0 Å². The van der Waals surface area contributed by atoms with Crippen LogP contribution in [-0.4, -0.2) is 16.1 Å². The Morgan fingerprint density at radius 1 is 1.53 bits per heavy atom. The van der Waals surface area contributed by atoms with Crippen molar-refractivity contribution in [1.29, 1.82) is 0 Å². The van der Waals surface area contributed by atoms with Gasteiger partial charge in [-0.05, 0) is 0 Å². The maximum atomic E-state index is 13.4. The van der Waals surface area contributed by atoms with Crippen molar-refractivity contribution in [3.8, 4) is 0 Å². The molecule has 0 N–H and O–H groups in total. The number of hydrogen-bond acceptors (Lipinski definition) is 2. The van der Waals surface area contributed by atoms with Gasteiger partial charge in [0.2, 0.25) is 5.95 Å². The highest BCUT2D eigenvalue weighted by atomic mass is 19.1. The minimum Gasteiger partial charge on any atom is -0.298 e. The smallest absolute Gasteiger partial charge is 0.222 e. The molecule has 15 heavy (non-hydrogen) atoms. The summed E-state index contributed by atoms with van der Waals surface area (Å²) >= 11 is 0. The summed E-state index contributed by atoms with van der Waals surface area (Å²) in [7, 11) is 0. The van der Waals surface area contributed by atoms with Crippen molar-refractivity contribution in [3.63, 3.8) is 0 Å². The summed E-state index contributed by atoms with van der Waals surface area (Å²) in [5.41, 5.74) is -0.622. The SMILES string of the molecule is C=CCn1nc(C(F)C=C)c(C=O)c1F. The standard InChI is InChI=1S/C10H10F2N2O/c1-3-5-14-10(12)7(6-15)9(13-14)8(11)4-2/h3-4,6,8H,1-2,5H2. The van der Waals surface area contributed by atoms with E-state index >= 15 is 0 Å². The van der Waals surface area contributed by atoms with Crippen LogP contribution >= 0.6 is 0 Å². The lowest BCUT2D eigenvalue weighted by Crippen LogP contribution is -2.01. The number of halogens is 2. The highest BCUT2D eigenvalue weighted by molar-refractivity contribution is 5.76. The van der Waals surface area contributed by atoms with Gasteiger partial charge in [0, 0.05) is 0 Å². The number of hydrogen-bond donors (Lipinski definition) is 0. The van der Waals surface area contributed by atoms with Gasteiger partial charge in [-0.25, -0.2) is 9.07 Å². The predicted octanol–water partition coefficient (Wildman–Crippen LogP) is 2.22. The fourth-order valence-electron chi connectivity index (χ4n) is 1.14. The molecule has 0 aliphatic heterocycles. The highest BCUT2D eigenvalue weighted by Crippen LogP contribution is 2.22. The normalized spacial score (nSPS) is 12.1. The lowest BCUT2D eigenvalue weighted by atomic mass is 10.2. The molecule has 80 valence electrons. The van der Waals surface area contributed by atoms with Gasteiger partial charge in [0.15, 0.2) is 12.5 Å². The van der Waals surface area contributed by atoms with E-state index in [9.17, 15) is 13.6 Å². The molecule has 1 atom stereocenters.